The first-order valence-electron chi connectivity index (χ1n) is 8.74. The molecule has 2 aromatic rings. The van der Waals surface area contributed by atoms with Gasteiger partial charge in [0.15, 0.2) is 0 Å². The predicted molar refractivity (Wildman–Crippen MR) is 103 cm³/mol. The number of anilines is 1. The van der Waals surface area contributed by atoms with E-state index >= 15 is 0 Å². The Balaban J connectivity index is 1.66. The zero-order valence-corrected chi connectivity index (χ0v) is 15.9. The van der Waals surface area contributed by atoms with Gasteiger partial charge < -0.3 is 4.90 Å². The number of benzene rings is 2. The highest BCUT2D eigenvalue weighted by molar-refractivity contribution is 7.89. The van der Waals surface area contributed by atoms with E-state index in [1.807, 2.05) is 51.1 Å². The fraction of sp³-hybridized carbons (Fsp3) is 0.400. The summed E-state index contributed by atoms with van der Waals surface area (Å²) in [5, 5.41) is 0. The number of nitrogens with one attached hydrogen (secondary N) is 1. The third-order valence-electron chi connectivity index (χ3n) is 4.84. The number of hydrogen-bond donors (Lipinski definition) is 1. The van der Waals surface area contributed by atoms with Crippen LogP contribution in [-0.4, -0.2) is 28.1 Å². The summed E-state index contributed by atoms with van der Waals surface area (Å²) in [6, 6.07) is 14.1. The van der Waals surface area contributed by atoms with E-state index in [9.17, 15) is 8.42 Å². The van der Waals surface area contributed by atoms with Crippen LogP contribution in [0.5, 0.6) is 0 Å². The fourth-order valence-electron chi connectivity index (χ4n) is 3.76. The Morgan fingerprint density at radius 1 is 1.08 bits per heavy atom. The van der Waals surface area contributed by atoms with Gasteiger partial charge in [-0.25, -0.2) is 13.1 Å². The second-order valence-electron chi connectivity index (χ2n) is 7.02. The summed E-state index contributed by atoms with van der Waals surface area (Å²) in [7, 11) is -3.48. The van der Waals surface area contributed by atoms with Crippen LogP contribution in [0, 0.1) is 26.7 Å². The van der Waals surface area contributed by atoms with E-state index in [1.54, 1.807) is 0 Å². The van der Waals surface area contributed by atoms with E-state index < -0.39 is 10.0 Å². The average molecular weight is 359 g/mol. The van der Waals surface area contributed by atoms with Crippen LogP contribution in [0.4, 0.5) is 5.69 Å². The summed E-state index contributed by atoms with van der Waals surface area (Å²) in [5.74, 6) is 0.334. The molecule has 0 spiro atoms. The minimum Gasteiger partial charge on any atom is -0.371 e. The van der Waals surface area contributed by atoms with Crippen molar-refractivity contribution in [3.8, 4) is 0 Å². The minimum atomic E-state index is -3.48. The van der Waals surface area contributed by atoms with Crippen molar-refractivity contribution in [1.82, 2.24) is 4.72 Å². The molecule has 1 unspecified atom stereocenters. The van der Waals surface area contributed by atoms with Gasteiger partial charge in [-0.1, -0.05) is 35.9 Å². The topological polar surface area (TPSA) is 49.4 Å². The molecule has 0 saturated carbocycles. The van der Waals surface area contributed by atoms with Gasteiger partial charge in [0.25, 0.3) is 0 Å². The van der Waals surface area contributed by atoms with E-state index in [0.29, 0.717) is 17.4 Å². The number of sulfonamides is 1. The van der Waals surface area contributed by atoms with Gasteiger partial charge in [-0.15, -0.1) is 0 Å². The Labute approximate surface area is 150 Å². The predicted octanol–water partition coefficient (Wildman–Crippen LogP) is 3.42. The summed E-state index contributed by atoms with van der Waals surface area (Å²) in [6.45, 7) is 8.05. The molecule has 25 heavy (non-hydrogen) atoms. The Morgan fingerprint density at radius 2 is 1.72 bits per heavy atom. The molecule has 0 aromatic heterocycles. The van der Waals surface area contributed by atoms with Gasteiger partial charge in [0, 0.05) is 25.3 Å². The summed E-state index contributed by atoms with van der Waals surface area (Å²) in [4.78, 5) is 2.75. The zero-order chi connectivity index (χ0) is 18.0. The standard InChI is InChI=1S/C20H26N2O2S/c1-15-11-16(2)20(17(3)12-15)25(23,24)21-13-18-9-10-22(14-18)19-7-5-4-6-8-19/h4-8,11-12,18,21H,9-10,13-14H2,1-3H3. The van der Waals surface area contributed by atoms with E-state index in [-0.39, 0.29) is 0 Å². The van der Waals surface area contributed by atoms with Crippen molar-refractivity contribution in [3.05, 3.63) is 59.2 Å². The number of rotatable bonds is 5. The molecule has 1 N–H and O–H groups in total. The normalized spacial score (nSPS) is 17.9. The Hall–Kier alpha value is -1.85. The molecule has 1 aliphatic rings. The number of nitrogens with zero attached hydrogens (tertiary/aromatic N) is 1. The van der Waals surface area contributed by atoms with Crippen LogP contribution in [0.3, 0.4) is 0 Å². The first-order valence-corrected chi connectivity index (χ1v) is 10.2. The maximum atomic E-state index is 12.8. The molecule has 0 amide bonds. The first-order chi connectivity index (χ1) is 11.9. The van der Waals surface area contributed by atoms with E-state index in [0.717, 1.165) is 36.2 Å². The molecule has 1 aliphatic heterocycles. The van der Waals surface area contributed by atoms with Gasteiger partial charge in [0.2, 0.25) is 10.0 Å². The highest BCUT2D eigenvalue weighted by atomic mass is 32.2. The number of para-hydroxylation sites is 1. The molecule has 1 heterocycles. The number of hydrogen-bond acceptors (Lipinski definition) is 3. The van der Waals surface area contributed by atoms with Crippen molar-refractivity contribution >= 4 is 15.7 Å². The smallest absolute Gasteiger partial charge is 0.241 e. The SMILES string of the molecule is Cc1cc(C)c(S(=O)(=O)NCC2CCN(c3ccccc3)C2)c(C)c1. The van der Waals surface area contributed by atoms with Gasteiger partial charge in [-0.2, -0.15) is 0 Å². The Morgan fingerprint density at radius 3 is 2.36 bits per heavy atom. The van der Waals surface area contributed by atoms with Crippen LogP contribution in [0.15, 0.2) is 47.4 Å². The van der Waals surface area contributed by atoms with Crippen LogP contribution < -0.4 is 9.62 Å². The largest absolute Gasteiger partial charge is 0.371 e. The summed E-state index contributed by atoms with van der Waals surface area (Å²) < 4.78 is 28.4. The van der Waals surface area contributed by atoms with Gasteiger partial charge in [0.05, 0.1) is 4.90 Å². The lowest BCUT2D eigenvalue weighted by Gasteiger charge is -2.19. The Bertz CT molecular complexity index is 824. The van der Waals surface area contributed by atoms with Crippen molar-refractivity contribution in [1.29, 1.82) is 0 Å². The fourth-order valence-corrected chi connectivity index (χ4v) is 5.33. The highest BCUT2D eigenvalue weighted by Gasteiger charge is 2.26. The molecule has 134 valence electrons. The van der Waals surface area contributed by atoms with Gasteiger partial charge in [0.1, 0.15) is 0 Å². The molecule has 3 rings (SSSR count). The van der Waals surface area contributed by atoms with Crippen LogP contribution in [-0.2, 0) is 10.0 Å². The Kier molecular flexibility index (Phi) is 5.16. The van der Waals surface area contributed by atoms with Gasteiger partial charge in [-0.3, -0.25) is 0 Å². The molecule has 1 atom stereocenters. The maximum absolute atomic E-state index is 12.8. The second kappa shape index (κ2) is 7.18. The zero-order valence-electron chi connectivity index (χ0n) is 15.1. The summed E-state index contributed by atoms with van der Waals surface area (Å²) in [5.41, 5.74) is 3.91. The molecule has 4 nitrogen and oxygen atoms in total. The molecule has 2 aromatic carbocycles. The van der Waals surface area contributed by atoms with Crippen LogP contribution in [0.2, 0.25) is 0 Å². The lowest BCUT2D eigenvalue weighted by atomic mass is 10.1. The summed E-state index contributed by atoms with van der Waals surface area (Å²) in [6.07, 6.45) is 1.00. The molecule has 1 saturated heterocycles. The third kappa shape index (κ3) is 4.05. The molecular formula is C20H26N2O2S. The minimum absolute atomic E-state index is 0.334. The lowest BCUT2D eigenvalue weighted by Crippen LogP contribution is -2.32. The molecule has 1 fully saturated rings. The molecule has 0 aliphatic carbocycles. The second-order valence-corrected chi connectivity index (χ2v) is 8.72. The molecule has 0 bridgehead atoms. The monoisotopic (exact) mass is 358 g/mol. The maximum Gasteiger partial charge on any atom is 0.241 e. The summed E-state index contributed by atoms with van der Waals surface area (Å²) >= 11 is 0. The first kappa shape index (κ1) is 18.0. The van der Waals surface area contributed by atoms with Gasteiger partial charge in [-0.05, 0) is 56.4 Å². The van der Waals surface area contributed by atoms with Crippen molar-refractivity contribution in [2.45, 2.75) is 32.1 Å². The van der Waals surface area contributed by atoms with Crippen LogP contribution >= 0.6 is 0 Å². The van der Waals surface area contributed by atoms with Crippen molar-refractivity contribution in [2.75, 3.05) is 24.5 Å². The van der Waals surface area contributed by atoms with Crippen molar-refractivity contribution in [2.24, 2.45) is 5.92 Å². The molecule has 5 heteroatoms. The third-order valence-corrected chi connectivity index (χ3v) is 6.57. The lowest BCUT2D eigenvalue weighted by molar-refractivity contribution is 0.541. The van der Waals surface area contributed by atoms with E-state index in [2.05, 4.69) is 21.8 Å². The number of aryl methyl sites for hydroxylation is 3. The van der Waals surface area contributed by atoms with E-state index in [1.165, 1.54) is 5.69 Å². The van der Waals surface area contributed by atoms with Crippen LogP contribution in [0.25, 0.3) is 0 Å². The van der Waals surface area contributed by atoms with Gasteiger partial charge >= 0.3 is 0 Å². The highest BCUT2D eigenvalue weighted by Crippen LogP contribution is 2.25. The quantitative estimate of drug-likeness (QED) is 0.891. The average Bonchev–Trinajstić information content (AvgIpc) is 3.02. The van der Waals surface area contributed by atoms with Crippen molar-refractivity contribution < 1.29 is 8.42 Å². The van der Waals surface area contributed by atoms with Crippen molar-refractivity contribution in [3.63, 3.8) is 0 Å². The van der Waals surface area contributed by atoms with E-state index in [4.69, 9.17) is 0 Å². The molecule has 0 radical (unpaired) electrons. The molecular weight excluding hydrogens is 332 g/mol. The van der Waals surface area contributed by atoms with Crippen LogP contribution in [0.1, 0.15) is 23.1 Å².